The van der Waals surface area contributed by atoms with E-state index in [-0.39, 0.29) is 12.6 Å². The Hall–Kier alpha value is -2.75. The van der Waals surface area contributed by atoms with Gasteiger partial charge in [0.05, 0.1) is 5.56 Å². The number of esters is 1. The number of aromatic nitrogens is 1. The predicted molar refractivity (Wildman–Crippen MR) is 89.9 cm³/mol. The molecule has 0 aliphatic rings. The van der Waals surface area contributed by atoms with E-state index in [4.69, 9.17) is 9.47 Å². The lowest BCUT2D eigenvalue weighted by Crippen LogP contribution is -2.12. The summed E-state index contributed by atoms with van der Waals surface area (Å²) in [6.07, 6.45) is 1.80. The summed E-state index contributed by atoms with van der Waals surface area (Å²) in [5.74, 6) is 0.459. The molecule has 1 aromatic heterocycles. The van der Waals surface area contributed by atoms with Crippen LogP contribution >= 0.6 is 0 Å². The maximum atomic E-state index is 12.2. The molecule has 0 saturated heterocycles. The van der Waals surface area contributed by atoms with E-state index in [9.17, 15) is 4.79 Å². The molecule has 0 saturated carbocycles. The molecular formula is C19H19NO3. The monoisotopic (exact) mass is 309 g/mol. The fourth-order valence-electron chi connectivity index (χ4n) is 2.58. The number of carbonyl (C=O) groups is 1. The van der Waals surface area contributed by atoms with Crippen LogP contribution in [0.25, 0.3) is 10.9 Å². The molecule has 4 nitrogen and oxygen atoms in total. The summed E-state index contributed by atoms with van der Waals surface area (Å²) >= 11 is 0. The van der Waals surface area contributed by atoms with Crippen LogP contribution in [0.5, 0.6) is 5.75 Å². The third kappa shape index (κ3) is 3.37. The number of aryl methyl sites for hydroxylation is 2. The minimum Gasteiger partial charge on any atom is -0.490 e. The van der Waals surface area contributed by atoms with Crippen LogP contribution < -0.4 is 4.74 Å². The van der Waals surface area contributed by atoms with Gasteiger partial charge in [-0.3, -0.25) is 0 Å². The number of nitrogens with zero attached hydrogens (tertiary/aromatic N) is 1. The standard InChI is InChI=1S/C19H19NO3/c1-14-6-5-7-15(12-14)22-10-11-23-19(21)17-13-20(2)18-9-4-3-8-16(17)18/h3-9,12-13H,10-11H2,1-2H3. The highest BCUT2D eigenvalue weighted by Crippen LogP contribution is 2.21. The van der Waals surface area contributed by atoms with Crippen molar-refractivity contribution in [3.8, 4) is 5.75 Å². The highest BCUT2D eigenvalue weighted by Gasteiger charge is 2.14. The van der Waals surface area contributed by atoms with Gasteiger partial charge in [-0.15, -0.1) is 0 Å². The molecule has 0 N–H and O–H groups in total. The van der Waals surface area contributed by atoms with E-state index >= 15 is 0 Å². The van der Waals surface area contributed by atoms with Gasteiger partial charge >= 0.3 is 5.97 Å². The van der Waals surface area contributed by atoms with Crippen molar-refractivity contribution in [2.45, 2.75) is 6.92 Å². The van der Waals surface area contributed by atoms with Crippen molar-refractivity contribution in [3.05, 3.63) is 65.9 Å². The highest BCUT2D eigenvalue weighted by molar-refractivity contribution is 6.04. The molecule has 23 heavy (non-hydrogen) atoms. The zero-order valence-electron chi connectivity index (χ0n) is 13.3. The number of carbonyl (C=O) groups excluding carboxylic acids is 1. The molecule has 0 amide bonds. The van der Waals surface area contributed by atoms with Crippen molar-refractivity contribution in [1.82, 2.24) is 4.57 Å². The van der Waals surface area contributed by atoms with Crippen LogP contribution in [0.15, 0.2) is 54.7 Å². The molecule has 0 atom stereocenters. The van der Waals surface area contributed by atoms with Crippen LogP contribution in [0, 0.1) is 6.92 Å². The number of benzene rings is 2. The molecule has 0 aliphatic heterocycles. The van der Waals surface area contributed by atoms with E-state index in [0.717, 1.165) is 22.2 Å². The molecule has 0 bridgehead atoms. The Labute approximate surface area is 135 Å². The molecule has 0 fully saturated rings. The van der Waals surface area contributed by atoms with Gasteiger partial charge in [0, 0.05) is 24.1 Å². The fourth-order valence-corrected chi connectivity index (χ4v) is 2.58. The lowest BCUT2D eigenvalue weighted by Gasteiger charge is -2.07. The van der Waals surface area contributed by atoms with E-state index in [1.807, 2.05) is 67.1 Å². The van der Waals surface area contributed by atoms with Gasteiger partial charge in [-0.2, -0.15) is 0 Å². The average Bonchev–Trinajstić information content (AvgIpc) is 2.89. The predicted octanol–water partition coefficient (Wildman–Crippen LogP) is 3.72. The maximum Gasteiger partial charge on any atom is 0.340 e. The van der Waals surface area contributed by atoms with Gasteiger partial charge in [-0.1, -0.05) is 30.3 Å². The van der Waals surface area contributed by atoms with Gasteiger partial charge in [-0.25, -0.2) is 4.79 Å². The largest absolute Gasteiger partial charge is 0.490 e. The number of para-hydroxylation sites is 1. The lowest BCUT2D eigenvalue weighted by molar-refractivity contribution is 0.0452. The zero-order valence-corrected chi connectivity index (χ0v) is 13.3. The van der Waals surface area contributed by atoms with E-state index in [2.05, 4.69) is 0 Å². The quantitative estimate of drug-likeness (QED) is 0.533. The Balaban J connectivity index is 1.59. The third-order valence-electron chi connectivity index (χ3n) is 3.69. The molecule has 3 aromatic rings. The normalized spacial score (nSPS) is 10.7. The van der Waals surface area contributed by atoms with Gasteiger partial charge < -0.3 is 14.0 Å². The first-order chi connectivity index (χ1) is 11.1. The van der Waals surface area contributed by atoms with E-state index in [0.29, 0.717) is 12.2 Å². The average molecular weight is 309 g/mol. The molecule has 118 valence electrons. The summed E-state index contributed by atoms with van der Waals surface area (Å²) in [4.78, 5) is 12.2. The van der Waals surface area contributed by atoms with Crippen LogP contribution in [-0.4, -0.2) is 23.8 Å². The van der Waals surface area contributed by atoms with Crippen molar-refractivity contribution in [3.63, 3.8) is 0 Å². The van der Waals surface area contributed by atoms with Gasteiger partial charge in [0.2, 0.25) is 0 Å². The topological polar surface area (TPSA) is 40.5 Å². The summed E-state index contributed by atoms with van der Waals surface area (Å²) in [5, 5.41) is 0.902. The second-order valence-corrected chi connectivity index (χ2v) is 5.47. The SMILES string of the molecule is Cc1cccc(OCCOC(=O)c2cn(C)c3ccccc23)c1. The highest BCUT2D eigenvalue weighted by atomic mass is 16.6. The first-order valence-corrected chi connectivity index (χ1v) is 7.56. The van der Waals surface area contributed by atoms with Gasteiger partial charge in [-0.05, 0) is 30.7 Å². The van der Waals surface area contributed by atoms with Gasteiger partial charge in [0.1, 0.15) is 19.0 Å². The van der Waals surface area contributed by atoms with E-state index < -0.39 is 0 Å². The Kier molecular flexibility index (Phi) is 4.33. The number of rotatable bonds is 5. The molecule has 4 heteroatoms. The van der Waals surface area contributed by atoms with Crippen molar-refractivity contribution >= 4 is 16.9 Å². The van der Waals surface area contributed by atoms with E-state index in [1.54, 1.807) is 6.20 Å². The Morgan fingerprint density at radius 2 is 1.91 bits per heavy atom. The third-order valence-corrected chi connectivity index (χ3v) is 3.69. The molecule has 0 aliphatic carbocycles. The molecular weight excluding hydrogens is 290 g/mol. The second-order valence-electron chi connectivity index (χ2n) is 5.47. The van der Waals surface area contributed by atoms with E-state index in [1.165, 1.54) is 0 Å². The lowest BCUT2D eigenvalue weighted by atomic mass is 10.2. The van der Waals surface area contributed by atoms with Crippen molar-refractivity contribution in [2.75, 3.05) is 13.2 Å². The molecule has 3 rings (SSSR count). The molecule has 0 unspecified atom stereocenters. The fraction of sp³-hybridized carbons (Fsp3) is 0.211. The van der Waals surface area contributed by atoms with Gasteiger partial charge in [0.25, 0.3) is 0 Å². The van der Waals surface area contributed by atoms with Crippen LogP contribution in [-0.2, 0) is 11.8 Å². The summed E-state index contributed by atoms with van der Waals surface area (Å²) in [5.41, 5.74) is 2.73. The minimum atomic E-state index is -0.324. The minimum absolute atomic E-state index is 0.218. The van der Waals surface area contributed by atoms with Crippen LogP contribution in [0.1, 0.15) is 15.9 Å². The molecule has 0 spiro atoms. The van der Waals surface area contributed by atoms with Gasteiger partial charge in [0.15, 0.2) is 0 Å². The first kappa shape index (κ1) is 15.2. The van der Waals surface area contributed by atoms with Crippen molar-refractivity contribution in [1.29, 1.82) is 0 Å². The second kappa shape index (κ2) is 6.57. The zero-order chi connectivity index (χ0) is 16.2. The number of ether oxygens (including phenoxy) is 2. The smallest absolute Gasteiger partial charge is 0.340 e. The first-order valence-electron chi connectivity index (χ1n) is 7.56. The Morgan fingerprint density at radius 1 is 1.09 bits per heavy atom. The summed E-state index contributed by atoms with van der Waals surface area (Å²) in [6.45, 7) is 2.56. The van der Waals surface area contributed by atoms with Crippen molar-refractivity contribution < 1.29 is 14.3 Å². The van der Waals surface area contributed by atoms with Crippen LogP contribution in [0.2, 0.25) is 0 Å². The molecule has 2 aromatic carbocycles. The number of hydrogen-bond acceptors (Lipinski definition) is 3. The number of hydrogen-bond donors (Lipinski definition) is 0. The number of fused-ring (bicyclic) bond motifs is 1. The molecule has 0 radical (unpaired) electrons. The summed E-state index contributed by atoms with van der Waals surface area (Å²) < 4.78 is 12.8. The summed E-state index contributed by atoms with van der Waals surface area (Å²) in [6, 6.07) is 15.6. The van der Waals surface area contributed by atoms with Crippen LogP contribution in [0.4, 0.5) is 0 Å². The Morgan fingerprint density at radius 3 is 2.74 bits per heavy atom. The van der Waals surface area contributed by atoms with Crippen LogP contribution in [0.3, 0.4) is 0 Å². The summed E-state index contributed by atoms with van der Waals surface area (Å²) in [7, 11) is 1.92. The van der Waals surface area contributed by atoms with Crippen molar-refractivity contribution in [2.24, 2.45) is 7.05 Å². The maximum absolute atomic E-state index is 12.2. The Bertz CT molecular complexity index is 836. The molecule has 1 heterocycles.